The number of hydrogen-bond donors (Lipinski definition) is 2. The summed E-state index contributed by atoms with van der Waals surface area (Å²) in [7, 11) is 2.00. The molecule has 0 heterocycles. The topological polar surface area (TPSA) is 12.0 Å². The minimum atomic E-state index is 0.434. The van der Waals surface area contributed by atoms with E-state index >= 15 is 0 Å². The third-order valence-electron chi connectivity index (χ3n) is 2.28. The van der Waals surface area contributed by atoms with Crippen molar-refractivity contribution in [3.05, 3.63) is 29.8 Å². The fourth-order valence-electron chi connectivity index (χ4n) is 1.44. The van der Waals surface area contributed by atoms with Gasteiger partial charge in [0.05, 0.1) is 0 Å². The highest BCUT2D eigenvalue weighted by Gasteiger charge is 2.06. The number of rotatable bonds is 5. The van der Waals surface area contributed by atoms with Gasteiger partial charge in [-0.3, -0.25) is 0 Å². The maximum atomic E-state index is 4.26. The lowest BCUT2D eigenvalue weighted by atomic mass is 10.1. The summed E-state index contributed by atoms with van der Waals surface area (Å²) < 4.78 is 0. The molecule has 0 aliphatic rings. The Morgan fingerprint density at radius 3 is 2.43 bits per heavy atom. The molecule has 0 saturated carbocycles. The number of hydrogen-bond acceptors (Lipinski definition) is 3. The summed E-state index contributed by atoms with van der Waals surface area (Å²) >= 11 is 6.03. The minimum Gasteiger partial charge on any atom is -0.313 e. The summed E-state index contributed by atoms with van der Waals surface area (Å²) in [5, 5.41) is 3.30. The van der Waals surface area contributed by atoms with E-state index in [1.165, 1.54) is 10.5 Å². The minimum absolute atomic E-state index is 0.434. The van der Waals surface area contributed by atoms with E-state index in [0.29, 0.717) is 6.04 Å². The molecule has 0 amide bonds. The monoisotopic (exact) mass is 227 g/mol. The van der Waals surface area contributed by atoms with Gasteiger partial charge in [0.25, 0.3) is 0 Å². The van der Waals surface area contributed by atoms with Crippen LogP contribution in [0.1, 0.15) is 18.0 Å². The van der Waals surface area contributed by atoms with Crippen molar-refractivity contribution in [1.29, 1.82) is 0 Å². The van der Waals surface area contributed by atoms with Gasteiger partial charge in [0.15, 0.2) is 0 Å². The molecule has 0 saturated heterocycles. The Morgan fingerprint density at radius 1 is 1.36 bits per heavy atom. The van der Waals surface area contributed by atoms with Gasteiger partial charge in [-0.1, -0.05) is 12.1 Å². The Bertz CT molecular complexity index is 258. The SMILES string of the molecule is CNC(CCS)c1ccc(SC)cc1. The second kappa shape index (κ2) is 6.38. The third-order valence-corrected chi connectivity index (χ3v) is 3.29. The molecule has 1 atom stereocenters. The van der Waals surface area contributed by atoms with Crippen LogP contribution in [0, 0.1) is 0 Å². The summed E-state index contributed by atoms with van der Waals surface area (Å²) in [6.45, 7) is 0. The van der Waals surface area contributed by atoms with Crippen molar-refractivity contribution in [3.8, 4) is 0 Å². The zero-order valence-electron chi connectivity index (χ0n) is 8.66. The molecule has 0 fully saturated rings. The molecule has 3 heteroatoms. The molecule has 1 unspecified atom stereocenters. The molecule has 1 nitrogen and oxygen atoms in total. The summed E-state index contributed by atoms with van der Waals surface area (Å²) in [6.07, 6.45) is 3.16. The van der Waals surface area contributed by atoms with E-state index in [9.17, 15) is 0 Å². The summed E-state index contributed by atoms with van der Waals surface area (Å²) in [4.78, 5) is 1.31. The van der Waals surface area contributed by atoms with E-state index in [-0.39, 0.29) is 0 Å². The second-order valence-corrected chi connectivity index (χ2v) is 4.45. The third kappa shape index (κ3) is 3.23. The van der Waals surface area contributed by atoms with Gasteiger partial charge in [-0.15, -0.1) is 11.8 Å². The van der Waals surface area contributed by atoms with Crippen LogP contribution < -0.4 is 5.32 Å². The molecule has 1 aromatic rings. The lowest BCUT2D eigenvalue weighted by molar-refractivity contribution is 0.581. The fraction of sp³-hybridized carbons (Fsp3) is 0.455. The highest BCUT2D eigenvalue weighted by molar-refractivity contribution is 7.98. The van der Waals surface area contributed by atoms with Crippen LogP contribution in [-0.4, -0.2) is 19.1 Å². The van der Waals surface area contributed by atoms with E-state index < -0.39 is 0 Å². The van der Waals surface area contributed by atoms with E-state index in [0.717, 1.165) is 12.2 Å². The van der Waals surface area contributed by atoms with Crippen molar-refractivity contribution >= 4 is 24.4 Å². The first-order valence-corrected chi connectivity index (χ1v) is 6.59. The number of thiol groups is 1. The van der Waals surface area contributed by atoms with E-state index in [2.05, 4.69) is 48.5 Å². The number of benzene rings is 1. The van der Waals surface area contributed by atoms with Gasteiger partial charge in [0.2, 0.25) is 0 Å². The summed E-state index contributed by atoms with van der Waals surface area (Å²) in [6, 6.07) is 9.15. The average molecular weight is 227 g/mol. The van der Waals surface area contributed by atoms with Crippen LogP contribution in [0.5, 0.6) is 0 Å². The Hall–Kier alpha value is -0.120. The van der Waals surface area contributed by atoms with Gasteiger partial charge < -0.3 is 5.32 Å². The maximum absolute atomic E-state index is 4.26. The fourth-order valence-corrected chi connectivity index (χ4v) is 2.11. The number of thioether (sulfide) groups is 1. The lowest BCUT2D eigenvalue weighted by Crippen LogP contribution is -2.16. The molecule has 1 N–H and O–H groups in total. The zero-order chi connectivity index (χ0) is 10.4. The molecule has 0 bridgehead atoms. The van der Waals surface area contributed by atoms with Gasteiger partial charge in [0.1, 0.15) is 0 Å². The van der Waals surface area contributed by atoms with Crippen molar-refractivity contribution in [2.45, 2.75) is 17.4 Å². The molecule has 78 valence electrons. The van der Waals surface area contributed by atoms with Crippen molar-refractivity contribution in [3.63, 3.8) is 0 Å². The Kier molecular flexibility index (Phi) is 5.45. The Labute approximate surface area is 96.1 Å². The van der Waals surface area contributed by atoms with Crippen molar-refractivity contribution in [1.82, 2.24) is 5.32 Å². The lowest BCUT2D eigenvalue weighted by Gasteiger charge is -2.15. The van der Waals surface area contributed by atoms with Gasteiger partial charge in [-0.25, -0.2) is 0 Å². The zero-order valence-corrected chi connectivity index (χ0v) is 10.4. The first-order chi connectivity index (χ1) is 6.81. The molecule has 0 radical (unpaired) electrons. The van der Waals surface area contributed by atoms with Crippen LogP contribution >= 0.6 is 24.4 Å². The highest BCUT2D eigenvalue weighted by Crippen LogP contribution is 2.21. The van der Waals surface area contributed by atoms with Gasteiger partial charge >= 0.3 is 0 Å². The molecular weight excluding hydrogens is 210 g/mol. The second-order valence-electron chi connectivity index (χ2n) is 3.13. The van der Waals surface area contributed by atoms with Crippen LogP contribution in [0.2, 0.25) is 0 Å². The average Bonchev–Trinajstić information content (AvgIpc) is 2.26. The largest absolute Gasteiger partial charge is 0.313 e. The molecule has 0 aliphatic heterocycles. The molecule has 0 aromatic heterocycles. The predicted molar refractivity (Wildman–Crippen MR) is 68.5 cm³/mol. The van der Waals surface area contributed by atoms with Crippen molar-refractivity contribution in [2.24, 2.45) is 0 Å². The maximum Gasteiger partial charge on any atom is 0.0325 e. The Balaban J connectivity index is 2.73. The first-order valence-electron chi connectivity index (χ1n) is 4.74. The molecule has 14 heavy (non-hydrogen) atoms. The van der Waals surface area contributed by atoms with Gasteiger partial charge in [0, 0.05) is 10.9 Å². The standard InChI is InChI=1S/C11H17NS2/c1-12-11(7-8-13)9-3-5-10(14-2)6-4-9/h3-6,11-13H,7-8H2,1-2H3. The van der Waals surface area contributed by atoms with Crippen LogP contribution in [0.15, 0.2) is 29.2 Å². The molecule has 1 aromatic carbocycles. The quantitative estimate of drug-likeness (QED) is 0.592. The molecule has 0 aliphatic carbocycles. The van der Waals surface area contributed by atoms with E-state index in [1.807, 2.05) is 7.05 Å². The highest BCUT2D eigenvalue weighted by atomic mass is 32.2. The summed E-state index contributed by atoms with van der Waals surface area (Å²) in [5.74, 6) is 0.912. The first kappa shape index (κ1) is 12.0. The van der Waals surface area contributed by atoms with Gasteiger partial charge in [-0.2, -0.15) is 12.6 Å². The van der Waals surface area contributed by atoms with Gasteiger partial charge in [-0.05, 0) is 43.2 Å². The van der Waals surface area contributed by atoms with Crippen LogP contribution in [0.4, 0.5) is 0 Å². The summed E-state index contributed by atoms with van der Waals surface area (Å²) in [5.41, 5.74) is 1.35. The van der Waals surface area contributed by atoms with Crippen LogP contribution in [0.25, 0.3) is 0 Å². The molecule has 0 spiro atoms. The van der Waals surface area contributed by atoms with Crippen molar-refractivity contribution in [2.75, 3.05) is 19.1 Å². The van der Waals surface area contributed by atoms with E-state index in [1.54, 1.807) is 11.8 Å². The predicted octanol–water partition coefficient (Wildman–Crippen LogP) is 2.99. The molecule has 1 rings (SSSR count). The number of nitrogens with one attached hydrogen (secondary N) is 1. The van der Waals surface area contributed by atoms with Crippen LogP contribution in [0.3, 0.4) is 0 Å². The van der Waals surface area contributed by atoms with Crippen molar-refractivity contribution < 1.29 is 0 Å². The normalized spacial score (nSPS) is 12.8. The molecular formula is C11H17NS2. The smallest absolute Gasteiger partial charge is 0.0325 e. The van der Waals surface area contributed by atoms with Crippen LogP contribution in [-0.2, 0) is 0 Å². The van der Waals surface area contributed by atoms with E-state index in [4.69, 9.17) is 0 Å². The Morgan fingerprint density at radius 2 is 2.00 bits per heavy atom.